The van der Waals surface area contributed by atoms with Crippen molar-refractivity contribution in [3.63, 3.8) is 0 Å². The first kappa shape index (κ1) is 10.8. The minimum atomic E-state index is 0.332. The molecule has 5 heteroatoms. The summed E-state index contributed by atoms with van der Waals surface area (Å²) < 4.78 is 1.67. The van der Waals surface area contributed by atoms with Crippen LogP contribution in [0.5, 0.6) is 0 Å². The van der Waals surface area contributed by atoms with E-state index in [0.717, 1.165) is 5.69 Å². The molecule has 1 aromatic heterocycles. The van der Waals surface area contributed by atoms with Gasteiger partial charge in [0.15, 0.2) is 5.82 Å². The van der Waals surface area contributed by atoms with Gasteiger partial charge in [0.05, 0.1) is 12.2 Å². The Labute approximate surface area is 94.3 Å². The Morgan fingerprint density at radius 3 is 2.88 bits per heavy atom. The molecule has 84 valence electrons. The van der Waals surface area contributed by atoms with Gasteiger partial charge in [-0.3, -0.25) is 0 Å². The zero-order valence-corrected chi connectivity index (χ0v) is 9.46. The van der Waals surface area contributed by atoms with Crippen LogP contribution in [0.2, 0.25) is 0 Å². The highest BCUT2D eigenvalue weighted by molar-refractivity contribution is 5.36. The standard InChI is InChI=1S/C11H15N5/c1-8(2)9-4-3-5-10(6-9)16-11(7-12)13-14-15-16/h3-6,8H,7,12H2,1-2H3. The van der Waals surface area contributed by atoms with Gasteiger partial charge in [0.1, 0.15) is 0 Å². The van der Waals surface area contributed by atoms with Gasteiger partial charge in [0.2, 0.25) is 0 Å². The second-order valence-corrected chi connectivity index (χ2v) is 3.96. The number of hydrogen-bond acceptors (Lipinski definition) is 4. The van der Waals surface area contributed by atoms with Gasteiger partial charge in [0, 0.05) is 0 Å². The smallest absolute Gasteiger partial charge is 0.170 e. The fourth-order valence-electron chi connectivity index (χ4n) is 1.55. The first-order chi connectivity index (χ1) is 7.72. The second kappa shape index (κ2) is 4.40. The minimum Gasteiger partial charge on any atom is -0.324 e. The molecule has 5 nitrogen and oxygen atoms in total. The summed E-state index contributed by atoms with van der Waals surface area (Å²) in [6.45, 7) is 4.64. The molecule has 2 N–H and O–H groups in total. The van der Waals surface area contributed by atoms with Crippen LogP contribution in [-0.4, -0.2) is 20.2 Å². The Morgan fingerprint density at radius 1 is 1.38 bits per heavy atom. The van der Waals surface area contributed by atoms with Crippen molar-refractivity contribution in [2.45, 2.75) is 26.3 Å². The fraction of sp³-hybridized carbons (Fsp3) is 0.364. The van der Waals surface area contributed by atoms with Crippen LogP contribution in [0.15, 0.2) is 24.3 Å². The Balaban J connectivity index is 2.44. The fourth-order valence-corrected chi connectivity index (χ4v) is 1.55. The molecule has 0 aliphatic heterocycles. The summed E-state index contributed by atoms with van der Waals surface area (Å²) in [6.07, 6.45) is 0. The van der Waals surface area contributed by atoms with Crippen LogP contribution in [0, 0.1) is 0 Å². The predicted molar refractivity (Wildman–Crippen MR) is 61.1 cm³/mol. The van der Waals surface area contributed by atoms with Gasteiger partial charge in [-0.25, -0.2) is 0 Å². The number of nitrogens with zero attached hydrogens (tertiary/aromatic N) is 4. The van der Waals surface area contributed by atoms with Gasteiger partial charge < -0.3 is 5.73 Å². The Morgan fingerprint density at radius 2 is 2.19 bits per heavy atom. The van der Waals surface area contributed by atoms with E-state index in [0.29, 0.717) is 18.3 Å². The molecule has 0 aliphatic rings. The molecule has 0 aliphatic carbocycles. The Hall–Kier alpha value is -1.75. The molecule has 16 heavy (non-hydrogen) atoms. The summed E-state index contributed by atoms with van der Waals surface area (Å²) in [4.78, 5) is 0. The van der Waals surface area contributed by atoms with E-state index in [1.807, 2.05) is 12.1 Å². The van der Waals surface area contributed by atoms with Gasteiger partial charge in [-0.2, -0.15) is 4.68 Å². The molecule has 0 saturated heterocycles. The normalized spacial score (nSPS) is 11.0. The molecule has 0 bridgehead atoms. The summed E-state index contributed by atoms with van der Waals surface area (Å²) in [5.41, 5.74) is 7.78. The van der Waals surface area contributed by atoms with Gasteiger partial charge in [-0.15, -0.1) is 5.10 Å². The lowest BCUT2D eigenvalue weighted by Gasteiger charge is -2.08. The van der Waals surface area contributed by atoms with Gasteiger partial charge >= 0.3 is 0 Å². The van der Waals surface area contributed by atoms with Crippen LogP contribution < -0.4 is 5.73 Å². The maximum absolute atomic E-state index is 5.57. The lowest BCUT2D eigenvalue weighted by atomic mass is 10.0. The van der Waals surface area contributed by atoms with Gasteiger partial charge in [-0.05, 0) is 34.0 Å². The van der Waals surface area contributed by atoms with E-state index < -0.39 is 0 Å². The molecule has 2 rings (SSSR count). The quantitative estimate of drug-likeness (QED) is 0.839. The number of tetrazole rings is 1. The largest absolute Gasteiger partial charge is 0.324 e. The number of hydrogen-bond donors (Lipinski definition) is 1. The van der Waals surface area contributed by atoms with Crippen molar-refractivity contribution in [2.75, 3.05) is 0 Å². The molecular weight excluding hydrogens is 202 g/mol. The highest BCUT2D eigenvalue weighted by Gasteiger charge is 2.07. The average molecular weight is 217 g/mol. The maximum atomic E-state index is 5.57. The molecular formula is C11H15N5. The first-order valence-corrected chi connectivity index (χ1v) is 5.30. The van der Waals surface area contributed by atoms with E-state index in [-0.39, 0.29) is 0 Å². The molecule has 0 saturated carbocycles. The van der Waals surface area contributed by atoms with Crippen molar-refractivity contribution in [1.82, 2.24) is 20.2 Å². The maximum Gasteiger partial charge on any atom is 0.170 e. The summed E-state index contributed by atoms with van der Waals surface area (Å²) in [5.74, 6) is 1.15. The molecule has 0 spiro atoms. The molecule has 0 unspecified atom stereocenters. The van der Waals surface area contributed by atoms with Crippen LogP contribution in [0.1, 0.15) is 31.2 Å². The summed E-state index contributed by atoms with van der Waals surface area (Å²) in [6, 6.07) is 8.16. The lowest BCUT2D eigenvalue weighted by Crippen LogP contribution is -2.08. The molecule has 2 aromatic rings. The van der Waals surface area contributed by atoms with Crippen molar-refractivity contribution >= 4 is 0 Å². The molecule has 0 radical (unpaired) electrons. The predicted octanol–water partition coefficient (Wildman–Crippen LogP) is 1.24. The monoisotopic (exact) mass is 217 g/mol. The molecule has 0 fully saturated rings. The SMILES string of the molecule is CC(C)c1cccc(-n2nnnc2CN)c1. The third kappa shape index (κ3) is 1.94. The molecule has 1 aromatic carbocycles. The molecule has 1 heterocycles. The van der Waals surface area contributed by atoms with Gasteiger partial charge in [0.25, 0.3) is 0 Å². The third-order valence-electron chi connectivity index (χ3n) is 2.50. The Kier molecular flexibility index (Phi) is 2.96. The summed E-state index contributed by atoms with van der Waals surface area (Å²) in [5, 5.41) is 11.4. The summed E-state index contributed by atoms with van der Waals surface area (Å²) >= 11 is 0. The van der Waals surface area contributed by atoms with Crippen LogP contribution in [0.3, 0.4) is 0 Å². The Bertz CT molecular complexity index is 475. The van der Waals surface area contributed by atoms with Crippen LogP contribution in [-0.2, 0) is 6.54 Å². The van der Waals surface area contributed by atoms with Crippen molar-refractivity contribution in [3.8, 4) is 5.69 Å². The number of nitrogens with two attached hydrogens (primary N) is 1. The second-order valence-electron chi connectivity index (χ2n) is 3.96. The van der Waals surface area contributed by atoms with Crippen molar-refractivity contribution in [3.05, 3.63) is 35.7 Å². The van der Waals surface area contributed by atoms with E-state index in [1.165, 1.54) is 5.56 Å². The zero-order chi connectivity index (χ0) is 11.5. The number of aromatic nitrogens is 4. The van der Waals surface area contributed by atoms with Crippen LogP contribution >= 0.6 is 0 Å². The average Bonchev–Trinajstić information content (AvgIpc) is 2.77. The third-order valence-corrected chi connectivity index (χ3v) is 2.50. The lowest BCUT2D eigenvalue weighted by molar-refractivity contribution is 0.757. The van der Waals surface area contributed by atoms with Crippen molar-refractivity contribution in [2.24, 2.45) is 5.73 Å². The molecule has 0 atom stereocenters. The number of rotatable bonds is 3. The molecule has 0 amide bonds. The topological polar surface area (TPSA) is 69.6 Å². The van der Waals surface area contributed by atoms with Crippen molar-refractivity contribution < 1.29 is 0 Å². The summed E-state index contributed by atoms with van der Waals surface area (Å²) in [7, 11) is 0. The van der Waals surface area contributed by atoms with E-state index in [1.54, 1.807) is 4.68 Å². The minimum absolute atomic E-state index is 0.332. The van der Waals surface area contributed by atoms with E-state index >= 15 is 0 Å². The van der Waals surface area contributed by atoms with Gasteiger partial charge in [-0.1, -0.05) is 26.0 Å². The van der Waals surface area contributed by atoms with Crippen molar-refractivity contribution in [1.29, 1.82) is 0 Å². The zero-order valence-electron chi connectivity index (χ0n) is 9.46. The van der Waals surface area contributed by atoms with Crippen LogP contribution in [0.4, 0.5) is 0 Å². The van der Waals surface area contributed by atoms with E-state index in [2.05, 4.69) is 41.5 Å². The highest BCUT2D eigenvalue weighted by atomic mass is 15.5. The first-order valence-electron chi connectivity index (χ1n) is 5.30. The van der Waals surface area contributed by atoms with E-state index in [4.69, 9.17) is 5.73 Å². The number of benzene rings is 1. The highest BCUT2D eigenvalue weighted by Crippen LogP contribution is 2.17. The van der Waals surface area contributed by atoms with Crippen LogP contribution in [0.25, 0.3) is 5.69 Å². The van der Waals surface area contributed by atoms with E-state index in [9.17, 15) is 0 Å².